The normalized spacial score (nSPS) is 15.2. The number of halogens is 3. The van der Waals surface area contributed by atoms with Crippen LogP contribution in [0, 0.1) is 0 Å². The summed E-state index contributed by atoms with van der Waals surface area (Å²) in [5.74, 6) is 2.07. The third-order valence-electron chi connectivity index (χ3n) is 4.78. The first-order chi connectivity index (χ1) is 13.7. The minimum atomic E-state index is -5.26. The Morgan fingerprint density at radius 2 is 1.76 bits per heavy atom. The molecule has 0 spiro atoms. The minimum absolute atomic E-state index is 0.197. The molecule has 1 aliphatic carbocycles. The Morgan fingerprint density at radius 1 is 1.17 bits per heavy atom. The molecule has 2 aromatic rings. The maximum absolute atomic E-state index is 12.4. The van der Waals surface area contributed by atoms with Gasteiger partial charge in [0, 0.05) is 12.4 Å². The van der Waals surface area contributed by atoms with Gasteiger partial charge in [0.2, 0.25) is 5.95 Å². The van der Waals surface area contributed by atoms with E-state index in [9.17, 15) is 22.8 Å². The van der Waals surface area contributed by atoms with Gasteiger partial charge in [-0.25, -0.2) is 20.8 Å². The summed E-state index contributed by atoms with van der Waals surface area (Å²) in [4.78, 5) is 31.0. The van der Waals surface area contributed by atoms with Crippen molar-refractivity contribution in [2.75, 3.05) is 12.4 Å². The van der Waals surface area contributed by atoms with Crippen LogP contribution < -0.4 is 15.9 Å². The molecule has 0 atom stereocenters. The van der Waals surface area contributed by atoms with Gasteiger partial charge in [0.05, 0.1) is 18.2 Å². The average Bonchev–Trinajstić information content (AvgIpc) is 2.69. The first-order valence-electron chi connectivity index (χ1n) is 8.61. The SMILES string of the molecule is COc1ccc(C2(Nc3ncc(C(=O)N(N)C(=O)C(F)(F)F)cn3)CCC2)cc1. The lowest BCUT2D eigenvalue weighted by Gasteiger charge is -2.43. The number of aromatic nitrogens is 2. The van der Waals surface area contributed by atoms with Gasteiger partial charge < -0.3 is 10.1 Å². The van der Waals surface area contributed by atoms with E-state index in [0.717, 1.165) is 43.0 Å². The standard InChI is InChI=1S/C18H18F3N5O3/c1-29-13-5-3-12(4-6-13)17(7-2-8-17)25-16-23-9-11(10-24-16)14(27)26(22)15(28)18(19,20)21/h3-6,9-10H,2,7-8,22H2,1H3,(H,23,24,25). The highest BCUT2D eigenvalue weighted by Crippen LogP contribution is 2.43. The number of hydrogen-bond donors (Lipinski definition) is 2. The third-order valence-corrected chi connectivity index (χ3v) is 4.78. The molecule has 2 amide bonds. The summed E-state index contributed by atoms with van der Waals surface area (Å²) < 4.78 is 42.4. The second-order valence-corrected chi connectivity index (χ2v) is 6.56. The summed E-state index contributed by atoms with van der Waals surface area (Å²) in [5, 5.41) is 2.72. The maximum atomic E-state index is 12.4. The lowest BCUT2D eigenvalue weighted by atomic mass is 9.72. The first-order valence-corrected chi connectivity index (χ1v) is 8.61. The topological polar surface area (TPSA) is 110 Å². The van der Waals surface area contributed by atoms with Crippen molar-refractivity contribution in [3.8, 4) is 5.75 Å². The van der Waals surface area contributed by atoms with Gasteiger partial charge in [0.25, 0.3) is 5.91 Å². The molecule has 0 bridgehead atoms. The number of hydrogen-bond acceptors (Lipinski definition) is 7. The molecule has 11 heteroatoms. The van der Waals surface area contributed by atoms with Crippen LogP contribution in [0.5, 0.6) is 5.75 Å². The summed E-state index contributed by atoms with van der Waals surface area (Å²) in [5.41, 5.74) is 0.282. The molecule has 29 heavy (non-hydrogen) atoms. The zero-order valence-corrected chi connectivity index (χ0v) is 15.4. The number of methoxy groups -OCH3 is 1. The van der Waals surface area contributed by atoms with E-state index >= 15 is 0 Å². The number of nitrogens with one attached hydrogen (secondary N) is 1. The van der Waals surface area contributed by atoms with E-state index in [1.54, 1.807) is 7.11 Å². The number of ether oxygens (including phenoxy) is 1. The summed E-state index contributed by atoms with van der Waals surface area (Å²) in [6.45, 7) is 0. The number of alkyl halides is 3. The van der Waals surface area contributed by atoms with E-state index in [2.05, 4.69) is 15.3 Å². The zero-order valence-electron chi connectivity index (χ0n) is 15.4. The molecule has 1 aromatic carbocycles. The summed E-state index contributed by atoms with van der Waals surface area (Å²) in [7, 11) is 1.58. The third kappa shape index (κ3) is 4.14. The Kier molecular flexibility index (Phi) is 5.42. The molecule has 1 saturated carbocycles. The van der Waals surface area contributed by atoms with E-state index in [-0.39, 0.29) is 17.1 Å². The van der Waals surface area contributed by atoms with Gasteiger partial charge in [-0.05, 0) is 37.0 Å². The number of nitrogens with zero attached hydrogens (tertiary/aromatic N) is 3. The average molecular weight is 409 g/mol. The number of rotatable bonds is 5. The predicted molar refractivity (Wildman–Crippen MR) is 95.6 cm³/mol. The largest absolute Gasteiger partial charge is 0.497 e. The van der Waals surface area contributed by atoms with Gasteiger partial charge >= 0.3 is 12.1 Å². The van der Waals surface area contributed by atoms with Crippen LogP contribution in [-0.4, -0.2) is 40.1 Å². The number of hydrazine groups is 1. The maximum Gasteiger partial charge on any atom is 0.473 e. The molecule has 1 aliphatic rings. The van der Waals surface area contributed by atoms with Crippen LogP contribution in [-0.2, 0) is 10.3 Å². The fourth-order valence-electron chi connectivity index (χ4n) is 3.01. The van der Waals surface area contributed by atoms with Crippen LogP contribution in [0.4, 0.5) is 19.1 Å². The monoisotopic (exact) mass is 409 g/mol. The predicted octanol–water partition coefficient (Wildman–Crippen LogP) is 2.38. The Hall–Kier alpha value is -3.21. The fraction of sp³-hybridized carbons (Fsp3) is 0.333. The highest BCUT2D eigenvalue weighted by Gasteiger charge is 2.44. The van der Waals surface area contributed by atoms with E-state index in [4.69, 9.17) is 10.6 Å². The molecule has 3 N–H and O–H groups in total. The molecule has 1 fully saturated rings. The molecule has 3 rings (SSSR count). The van der Waals surface area contributed by atoms with Crippen molar-refractivity contribution in [1.29, 1.82) is 0 Å². The molecule has 1 aromatic heterocycles. The van der Waals surface area contributed by atoms with E-state index in [0.29, 0.717) is 0 Å². The number of benzene rings is 1. The number of nitrogens with two attached hydrogens (primary N) is 1. The Morgan fingerprint density at radius 3 is 2.21 bits per heavy atom. The Bertz CT molecular complexity index is 896. The smallest absolute Gasteiger partial charge is 0.473 e. The van der Waals surface area contributed by atoms with Crippen LogP contribution in [0.15, 0.2) is 36.7 Å². The molecule has 1 heterocycles. The zero-order chi connectivity index (χ0) is 21.2. The van der Waals surface area contributed by atoms with Gasteiger partial charge in [-0.2, -0.15) is 13.2 Å². The van der Waals surface area contributed by atoms with Crippen LogP contribution in [0.2, 0.25) is 0 Å². The molecule has 0 aliphatic heterocycles. The van der Waals surface area contributed by atoms with Crippen LogP contribution in [0.25, 0.3) is 0 Å². The second kappa shape index (κ2) is 7.66. The van der Waals surface area contributed by atoms with Crippen molar-refractivity contribution in [2.45, 2.75) is 31.0 Å². The number of imide groups is 1. The van der Waals surface area contributed by atoms with E-state index < -0.39 is 23.0 Å². The van der Waals surface area contributed by atoms with E-state index in [1.165, 1.54) is 0 Å². The fourth-order valence-corrected chi connectivity index (χ4v) is 3.01. The van der Waals surface area contributed by atoms with Gasteiger partial charge in [-0.3, -0.25) is 9.59 Å². The van der Waals surface area contributed by atoms with Crippen molar-refractivity contribution in [3.05, 3.63) is 47.8 Å². The van der Waals surface area contributed by atoms with Crippen LogP contribution in [0.1, 0.15) is 35.2 Å². The molecular formula is C18H18F3N5O3. The summed E-state index contributed by atoms with van der Waals surface area (Å²) in [6.07, 6.45) is -0.567. The Balaban J connectivity index is 1.74. The van der Waals surface area contributed by atoms with Crippen molar-refractivity contribution >= 4 is 17.8 Å². The number of carbonyl (C=O) groups is 2. The first kappa shape index (κ1) is 20.5. The van der Waals surface area contributed by atoms with Crippen molar-refractivity contribution in [2.24, 2.45) is 5.84 Å². The number of anilines is 1. The molecule has 0 radical (unpaired) electrons. The van der Waals surface area contributed by atoms with Crippen LogP contribution >= 0.6 is 0 Å². The van der Waals surface area contributed by atoms with Gasteiger partial charge in [-0.15, -0.1) is 0 Å². The molecule has 8 nitrogen and oxygen atoms in total. The van der Waals surface area contributed by atoms with Crippen LogP contribution in [0.3, 0.4) is 0 Å². The highest BCUT2D eigenvalue weighted by molar-refractivity contribution is 6.05. The second-order valence-electron chi connectivity index (χ2n) is 6.56. The lowest BCUT2D eigenvalue weighted by molar-refractivity contribution is -0.182. The summed E-state index contributed by atoms with van der Waals surface area (Å²) in [6, 6.07) is 7.54. The minimum Gasteiger partial charge on any atom is -0.497 e. The van der Waals surface area contributed by atoms with Crippen molar-refractivity contribution < 1.29 is 27.5 Å². The highest BCUT2D eigenvalue weighted by atomic mass is 19.4. The van der Waals surface area contributed by atoms with Crippen molar-refractivity contribution in [3.63, 3.8) is 0 Å². The van der Waals surface area contributed by atoms with Gasteiger partial charge in [-0.1, -0.05) is 12.1 Å². The number of amides is 2. The lowest BCUT2D eigenvalue weighted by Crippen LogP contribution is -2.49. The van der Waals surface area contributed by atoms with E-state index in [1.807, 2.05) is 24.3 Å². The molecule has 154 valence electrons. The van der Waals surface area contributed by atoms with Gasteiger partial charge in [0.1, 0.15) is 5.75 Å². The quantitative estimate of drug-likeness (QED) is 0.443. The van der Waals surface area contributed by atoms with Crippen molar-refractivity contribution in [1.82, 2.24) is 15.0 Å². The Labute approximate surface area is 163 Å². The molecule has 0 saturated heterocycles. The molecule has 0 unspecified atom stereocenters. The number of carbonyl (C=O) groups excluding carboxylic acids is 2. The summed E-state index contributed by atoms with van der Waals surface area (Å²) >= 11 is 0. The van der Waals surface area contributed by atoms with Gasteiger partial charge in [0.15, 0.2) is 0 Å². The molecular weight excluding hydrogens is 391 g/mol.